The van der Waals surface area contributed by atoms with Crippen molar-refractivity contribution in [2.24, 2.45) is 0 Å². The molecule has 0 bridgehead atoms. The quantitative estimate of drug-likeness (QED) is 0.198. The smallest absolute Gasteiger partial charge is 0.159 e. The van der Waals surface area contributed by atoms with Crippen LogP contribution in [0.15, 0.2) is 36.7 Å². The van der Waals surface area contributed by atoms with E-state index in [0.29, 0.717) is 0 Å². The third kappa shape index (κ3) is 9.85. The molecule has 1 heterocycles. The summed E-state index contributed by atoms with van der Waals surface area (Å²) in [4.78, 5) is 8.80. The van der Waals surface area contributed by atoms with Gasteiger partial charge in [-0.2, -0.15) is 0 Å². The highest BCUT2D eigenvalue weighted by molar-refractivity contribution is 5.55. The zero-order valence-electron chi connectivity index (χ0n) is 20.1. The number of rotatable bonds is 15. The van der Waals surface area contributed by atoms with Crippen molar-refractivity contribution in [3.63, 3.8) is 0 Å². The summed E-state index contributed by atoms with van der Waals surface area (Å²) in [5.74, 6) is 1.69. The van der Waals surface area contributed by atoms with Crippen molar-refractivity contribution in [2.45, 2.75) is 72.6 Å². The first-order valence-electron chi connectivity index (χ1n) is 12.0. The molecule has 2 aromatic rings. The van der Waals surface area contributed by atoms with Crippen LogP contribution in [0.2, 0.25) is 0 Å². The molecule has 0 spiro atoms. The second-order valence-corrected chi connectivity index (χ2v) is 8.61. The molecule has 1 aromatic heterocycles. The normalized spacial score (nSPS) is 11.2. The van der Waals surface area contributed by atoms with E-state index in [4.69, 9.17) is 4.74 Å². The maximum atomic E-state index is 6.07. The SMILES string of the molecule is CCCC[N+](CCCC)(CCCC)CCCOc1ccc(-c2ncc(C)cn2)cc1.[I-]. The molecular formula is C26H42IN3O. The fraction of sp³-hybridized carbons (Fsp3) is 0.615. The molecule has 0 atom stereocenters. The van der Waals surface area contributed by atoms with Crippen LogP contribution in [0, 0.1) is 6.92 Å². The third-order valence-corrected chi connectivity index (χ3v) is 5.90. The second kappa shape index (κ2) is 15.6. The molecular weight excluding hydrogens is 497 g/mol. The van der Waals surface area contributed by atoms with Gasteiger partial charge in [0, 0.05) is 24.4 Å². The zero-order chi connectivity index (χ0) is 21.7. The Kier molecular flexibility index (Phi) is 14.0. The van der Waals surface area contributed by atoms with Crippen molar-refractivity contribution in [3.05, 3.63) is 42.2 Å². The topological polar surface area (TPSA) is 35.0 Å². The van der Waals surface area contributed by atoms with Crippen LogP contribution in [-0.4, -0.2) is 47.2 Å². The predicted octanol–water partition coefficient (Wildman–Crippen LogP) is 3.44. The Morgan fingerprint density at radius 3 is 1.71 bits per heavy atom. The molecule has 0 N–H and O–H groups in total. The molecule has 5 heteroatoms. The maximum Gasteiger partial charge on any atom is 0.159 e. The Morgan fingerprint density at radius 2 is 1.23 bits per heavy atom. The fourth-order valence-electron chi connectivity index (χ4n) is 3.98. The predicted molar refractivity (Wildman–Crippen MR) is 127 cm³/mol. The van der Waals surface area contributed by atoms with E-state index in [-0.39, 0.29) is 24.0 Å². The van der Waals surface area contributed by atoms with Crippen molar-refractivity contribution >= 4 is 0 Å². The van der Waals surface area contributed by atoms with Crippen molar-refractivity contribution in [2.75, 3.05) is 32.8 Å². The first kappa shape index (κ1) is 27.8. The lowest BCUT2D eigenvalue weighted by Gasteiger charge is -2.39. The van der Waals surface area contributed by atoms with Gasteiger partial charge >= 0.3 is 0 Å². The largest absolute Gasteiger partial charge is 1.00 e. The summed E-state index contributed by atoms with van der Waals surface area (Å²) in [6.07, 6.45) is 12.7. The molecule has 0 saturated heterocycles. The Morgan fingerprint density at radius 1 is 0.742 bits per heavy atom. The molecule has 0 aliphatic heterocycles. The van der Waals surface area contributed by atoms with Gasteiger partial charge in [-0.25, -0.2) is 9.97 Å². The molecule has 31 heavy (non-hydrogen) atoms. The highest BCUT2D eigenvalue weighted by Crippen LogP contribution is 2.20. The van der Waals surface area contributed by atoms with Crippen molar-refractivity contribution < 1.29 is 33.2 Å². The van der Waals surface area contributed by atoms with E-state index < -0.39 is 0 Å². The van der Waals surface area contributed by atoms with E-state index in [2.05, 4.69) is 30.7 Å². The van der Waals surface area contributed by atoms with Crippen molar-refractivity contribution in [1.82, 2.24) is 9.97 Å². The number of ether oxygens (including phenoxy) is 1. The summed E-state index contributed by atoms with van der Waals surface area (Å²) in [5, 5.41) is 0. The van der Waals surface area contributed by atoms with Gasteiger partial charge in [0.15, 0.2) is 5.82 Å². The van der Waals surface area contributed by atoms with Crippen LogP contribution in [0.25, 0.3) is 11.4 Å². The van der Waals surface area contributed by atoms with E-state index >= 15 is 0 Å². The van der Waals surface area contributed by atoms with Crippen LogP contribution >= 0.6 is 0 Å². The Balaban J connectivity index is 0.00000480. The number of nitrogens with zero attached hydrogens (tertiary/aromatic N) is 3. The first-order valence-corrected chi connectivity index (χ1v) is 12.0. The summed E-state index contributed by atoms with van der Waals surface area (Å²) < 4.78 is 7.35. The van der Waals surface area contributed by atoms with E-state index in [9.17, 15) is 0 Å². The number of benzene rings is 1. The van der Waals surface area contributed by atoms with E-state index in [1.165, 1.54) is 69.2 Å². The first-order chi connectivity index (χ1) is 14.6. The Bertz CT molecular complexity index is 682. The van der Waals surface area contributed by atoms with Crippen LogP contribution < -0.4 is 28.7 Å². The standard InChI is InChI=1S/C26H42N3O.HI/c1-5-8-16-29(17-9-6-2,18-10-7-3)19-11-20-30-25-14-12-24(13-15-25)26-27-21-23(4)22-28-26;/h12-15,21-22H,5-11,16-20H2,1-4H3;1H/q+1;/p-1. The number of halogens is 1. The lowest BCUT2D eigenvalue weighted by Crippen LogP contribution is -3.00. The number of aromatic nitrogens is 2. The molecule has 174 valence electrons. The molecule has 0 radical (unpaired) electrons. The summed E-state index contributed by atoms with van der Waals surface area (Å²) in [6.45, 7) is 14.9. The number of unbranched alkanes of at least 4 members (excludes halogenated alkanes) is 3. The van der Waals surface area contributed by atoms with Gasteiger partial charge in [-0.3, -0.25) is 0 Å². The summed E-state index contributed by atoms with van der Waals surface area (Å²) in [7, 11) is 0. The van der Waals surface area contributed by atoms with Crippen LogP contribution in [0.4, 0.5) is 0 Å². The van der Waals surface area contributed by atoms with E-state index in [1.807, 2.05) is 43.6 Å². The van der Waals surface area contributed by atoms with E-state index in [0.717, 1.165) is 35.7 Å². The lowest BCUT2D eigenvalue weighted by molar-refractivity contribution is -0.929. The average molecular weight is 540 g/mol. The summed E-state index contributed by atoms with van der Waals surface area (Å²) in [6, 6.07) is 8.16. The van der Waals surface area contributed by atoms with Crippen LogP contribution in [0.3, 0.4) is 0 Å². The second-order valence-electron chi connectivity index (χ2n) is 8.61. The molecule has 2 rings (SSSR count). The molecule has 4 nitrogen and oxygen atoms in total. The summed E-state index contributed by atoms with van der Waals surface area (Å²) >= 11 is 0. The monoisotopic (exact) mass is 539 g/mol. The lowest BCUT2D eigenvalue weighted by atomic mass is 10.1. The zero-order valence-corrected chi connectivity index (χ0v) is 22.2. The van der Waals surface area contributed by atoms with E-state index in [1.54, 1.807) is 0 Å². The van der Waals surface area contributed by atoms with Gasteiger partial charge in [-0.1, -0.05) is 40.0 Å². The highest BCUT2D eigenvalue weighted by atomic mass is 127. The van der Waals surface area contributed by atoms with Gasteiger partial charge in [0.1, 0.15) is 5.75 Å². The number of hydrogen-bond acceptors (Lipinski definition) is 3. The van der Waals surface area contributed by atoms with Gasteiger partial charge in [0.2, 0.25) is 0 Å². The fourth-order valence-corrected chi connectivity index (χ4v) is 3.98. The van der Waals surface area contributed by atoms with Gasteiger partial charge < -0.3 is 33.2 Å². The van der Waals surface area contributed by atoms with Crippen molar-refractivity contribution in [3.8, 4) is 17.1 Å². The summed E-state index contributed by atoms with van der Waals surface area (Å²) in [5.41, 5.74) is 2.10. The molecule has 0 unspecified atom stereocenters. The van der Waals surface area contributed by atoms with Gasteiger partial charge in [0.05, 0.1) is 32.8 Å². The number of hydrogen-bond donors (Lipinski definition) is 0. The molecule has 0 aliphatic carbocycles. The van der Waals surface area contributed by atoms with Gasteiger partial charge in [-0.15, -0.1) is 0 Å². The molecule has 0 aliphatic rings. The van der Waals surface area contributed by atoms with Crippen LogP contribution in [0.5, 0.6) is 5.75 Å². The molecule has 0 amide bonds. The Labute approximate surface area is 207 Å². The minimum Gasteiger partial charge on any atom is -1.00 e. The van der Waals surface area contributed by atoms with Crippen molar-refractivity contribution in [1.29, 1.82) is 0 Å². The van der Waals surface area contributed by atoms with Gasteiger partial charge in [-0.05, 0) is 56.0 Å². The highest BCUT2D eigenvalue weighted by Gasteiger charge is 2.25. The maximum absolute atomic E-state index is 6.07. The number of quaternary nitrogens is 1. The Hall–Kier alpha value is -1.21. The molecule has 0 fully saturated rings. The minimum atomic E-state index is 0. The average Bonchev–Trinajstić information content (AvgIpc) is 2.78. The van der Waals surface area contributed by atoms with Gasteiger partial charge in [0.25, 0.3) is 0 Å². The molecule has 0 saturated carbocycles. The molecule has 1 aromatic carbocycles. The number of aryl methyl sites for hydroxylation is 1. The minimum absolute atomic E-state index is 0. The van der Waals surface area contributed by atoms with Crippen LogP contribution in [0.1, 0.15) is 71.3 Å². The van der Waals surface area contributed by atoms with Crippen LogP contribution in [-0.2, 0) is 0 Å². The third-order valence-electron chi connectivity index (χ3n) is 5.90.